The van der Waals surface area contributed by atoms with E-state index in [1.807, 2.05) is 7.05 Å². The number of piperidine rings is 1. The Bertz CT molecular complexity index is 456. The second-order valence-electron chi connectivity index (χ2n) is 6.33. The van der Waals surface area contributed by atoms with Crippen LogP contribution in [-0.4, -0.2) is 50.6 Å². The molecule has 1 aliphatic heterocycles. The number of nitrogens with one attached hydrogen (secondary N) is 2. The van der Waals surface area contributed by atoms with Gasteiger partial charge in [0.15, 0.2) is 5.96 Å². The van der Waals surface area contributed by atoms with E-state index in [4.69, 9.17) is 0 Å². The Morgan fingerprint density at radius 1 is 1.12 bits per heavy atom. The molecule has 2 rings (SSSR count). The van der Waals surface area contributed by atoms with Crippen LogP contribution >= 0.6 is 24.0 Å². The van der Waals surface area contributed by atoms with Crippen LogP contribution in [0.5, 0.6) is 0 Å². The van der Waals surface area contributed by atoms with E-state index in [1.165, 1.54) is 44.5 Å². The molecule has 0 unspecified atom stereocenters. The number of aliphatic imine (C=N–C) groups is 1. The van der Waals surface area contributed by atoms with Crippen LogP contribution in [0.2, 0.25) is 0 Å². The molecule has 0 aliphatic carbocycles. The molecule has 1 aromatic rings. The topological polar surface area (TPSA) is 39.7 Å². The predicted octanol–water partition coefficient (Wildman–Crippen LogP) is 3.13. The normalized spacial score (nSPS) is 16.5. The van der Waals surface area contributed by atoms with E-state index < -0.39 is 0 Å². The number of rotatable bonds is 7. The van der Waals surface area contributed by atoms with E-state index in [2.05, 4.69) is 57.8 Å². The summed E-state index contributed by atoms with van der Waals surface area (Å²) in [7, 11) is 1.84. The Morgan fingerprint density at radius 3 is 2.42 bits per heavy atom. The fraction of sp³-hybridized carbons (Fsp3) is 0.632. The molecule has 1 heterocycles. The molecule has 1 aromatic carbocycles. The van der Waals surface area contributed by atoms with E-state index in [0.29, 0.717) is 0 Å². The highest BCUT2D eigenvalue weighted by atomic mass is 127. The molecule has 136 valence electrons. The minimum Gasteiger partial charge on any atom is -0.356 e. The number of guanidine groups is 1. The molecule has 0 amide bonds. The van der Waals surface area contributed by atoms with E-state index in [1.54, 1.807) is 0 Å². The molecule has 0 atom stereocenters. The molecular weight excluding hydrogens is 411 g/mol. The third kappa shape index (κ3) is 7.83. The molecule has 0 saturated carbocycles. The van der Waals surface area contributed by atoms with Gasteiger partial charge in [-0.05, 0) is 56.8 Å². The molecule has 1 saturated heterocycles. The summed E-state index contributed by atoms with van der Waals surface area (Å²) in [5, 5.41) is 6.86. The van der Waals surface area contributed by atoms with Gasteiger partial charge in [0.05, 0.1) is 0 Å². The van der Waals surface area contributed by atoms with Gasteiger partial charge in [-0.1, -0.05) is 37.3 Å². The lowest BCUT2D eigenvalue weighted by Gasteiger charge is -2.31. The zero-order chi connectivity index (χ0) is 16.3. The minimum atomic E-state index is 0. The maximum absolute atomic E-state index is 4.31. The van der Waals surface area contributed by atoms with Crippen LogP contribution in [0.3, 0.4) is 0 Å². The highest BCUT2D eigenvalue weighted by molar-refractivity contribution is 14.0. The van der Waals surface area contributed by atoms with Crippen LogP contribution in [0.15, 0.2) is 35.3 Å². The lowest BCUT2D eigenvalue weighted by molar-refractivity contribution is 0.187. The molecule has 0 aromatic heterocycles. The molecular formula is C19H33IN4. The third-order valence-electron chi connectivity index (χ3n) is 4.77. The van der Waals surface area contributed by atoms with Crippen molar-refractivity contribution in [3.05, 3.63) is 35.9 Å². The van der Waals surface area contributed by atoms with Crippen LogP contribution < -0.4 is 10.6 Å². The Balaban J connectivity index is 0.00000288. The zero-order valence-corrected chi connectivity index (χ0v) is 17.5. The number of benzene rings is 1. The first-order valence-corrected chi connectivity index (χ1v) is 9.02. The summed E-state index contributed by atoms with van der Waals surface area (Å²) < 4.78 is 0. The first-order chi connectivity index (χ1) is 11.3. The fourth-order valence-electron chi connectivity index (χ4n) is 3.18. The first kappa shape index (κ1) is 21.2. The second-order valence-corrected chi connectivity index (χ2v) is 6.33. The van der Waals surface area contributed by atoms with Crippen LogP contribution in [-0.2, 0) is 6.42 Å². The molecule has 1 fully saturated rings. The standard InChI is InChI=1S/C19H32N4.HI/c1-3-23-15-11-18(12-16-23)10-14-22-19(20-2)21-13-9-17-7-5-4-6-8-17;/h4-8,18H,3,9-16H2,1-2H3,(H2,20,21,22);1H. The Hall–Kier alpha value is -0.820. The summed E-state index contributed by atoms with van der Waals surface area (Å²) in [6, 6.07) is 10.6. The van der Waals surface area contributed by atoms with Crippen LogP contribution in [0.1, 0.15) is 31.7 Å². The Kier molecular flexibility index (Phi) is 11.1. The Morgan fingerprint density at radius 2 is 1.79 bits per heavy atom. The molecule has 4 nitrogen and oxygen atoms in total. The smallest absolute Gasteiger partial charge is 0.190 e. The van der Waals surface area contributed by atoms with Crippen molar-refractivity contribution >= 4 is 29.9 Å². The van der Waals surface area contributed by atoms with E-state index in [0.717, 1.165) is 31.4 Å². The highest BCUT2D eigenvalue weighted by Gasteiger charge is 2.17. The summed E-state index contributed by atoms with van der Waals surface area (Å²) in [6.45, 7) is 7.92. The SMILES string of the molecule is CCN1CCC(CCNC(=NC)NCCc2ccccc2)CC1.I. The molecule has 0 bridgehead atoms. The van der Waals surface area contributed by atoms with Gasteiger partial charge < -0.3 is 15.5 Å². The fourth-order valence-corrected chi connectivity index (χ4v) is 3.18. The second kappa shape index (κ2) is 12.5. The number of hydrogen-bond donors (Lipinski definition) is 2. The van der Waals surface area contributed by atoms with Crippen LogP contribution in [0.25, 0.3) is 0 Å². The zero-order valence-electron chi connectivity index (χ0n) is 15.1. The first-order valence-electron chi connectivity index (χ1n) is 9.02. The van der Waals surface area contributed by atoms with Gasteiger partial charge in [0.1, 0.15) is 0 Å². The van der Waals surface area contributed by atoms with Crippen molar-refractivity contribution in [1.82, 2.24) is 15.5 Å². The van der Waals surface area contributed by atoms with Gasteiger partial charge in [-0.25, -0.2) is 0 Å². The number of hydrogen-bond acceptors (Lipinski definition) is 2. The van der Waals surface area contributed by atoms with Gasteiger partial charge in [-0.2, -0.15) is 0 Å². The molecule has 5 heteroatoms. The average molecular weight is 444 g/mol. The van der Waals surface area contributed by atoms with E-state index >= 15 is 0 Å². The van der Waals surface area contributed by atoms with Crippen molar-refractivity contribution in [3.8, 4) is 0 Å². The van der Waals surface area contributed by atoms with Crippen LogP contribution in [0.4, 0.5) is 0 Å². The largest absolute Gasteiger partial charge is 0.356 e. The van der Waals surface area contributed by atoms with Crippen molar-refractivity contribution in [3.63, 3.8) is 0 Å². The maximum atomic E-state index is 4.31. The summed E-state index contributed by atoms with van der Waals surface area (Å²) in [6.07, 6.45) is 4.96. The third-order valence-corrected chi connectivity index (χ3v) is 4.77. The van der Waals surface area contributed by atoms with E-state index in [-0.39, 0.29) is 24.0 Å². The van der Waals surface area contributed by atoms with Gasteiger partial charge >= 0.3 is 0 Å². The van der Waals surface area contributed by atoms with Gasteiger partial charge in [0.25, 0.3) is 0 Å². The minimum absolute atomic E-state index is 0. The predicted molar refractivity (Wildman–Crippen MR) is 114 cm³/mol. The van der Waals surface area contributed by atoms with Crippen molar-refractivity contribution < 1.29 is 0 Å². The maximum Gasteiger partial charge on any atom is 0.190 e. The van der Waals surface area contributed by atoms with Gasteiger partial charge in [-0.3, -0.25) is 4.99 Å². The van der Waals surface area contributed by atoms with Gasteiger partial charge in [0.2, 0.25) is 0 Å². The van der Waals surface area contributed by atoms with Crippen molar-refractivity contribution in [2.45, 2.75) is 32.6 Å². The van der Waals surface area contributed by atoms with Crippen molar-refractivity contribution in [2.75, 3.05) is 39.8 Å². The molecule has 0 radical (unpaired) electrons. The number of nitrogens with zero attached hydrogens (tertiary/aromatic N) is 2. The molecule has 2 N–H and O–H groups in total. The van der Waals surface area contributed by atoms with Gasteiger partial charge in [-0.15, -0.1) is 24.0 Å². The van der Waals surface area contributed by atoms with Crippen molar-refractivity contribution in [2.24, 2.45) is 10.9 Å². The molecule has 24 heavy (non-hydrogen) atoms. The van der Waals surface area contributed by atoms with E-state index in [9.17, 15) is 0 Å². The number of likely N-dealkylation sites (tertiary alicyclic amines) is 1. The average Bonchev–Trinajstić information content (AvgIpc) is 2.62. The number of halogens is 1. The summed E-state index contributed by atoms with van der Waals surface area (Å²) in [5.41, 5.74) is 1.36. The van der Waals surface area contributed by atoms with Gasteiger partial charge in [0, 0.05) is 20.1 Å². The molecule has 0 spiro atoms. The quantitative estimate of drug-likeness (QED) is 0.386. The highest BCUT2D eigenvalue weighted by Crippen LogP contribution is 2.19. The van der Waals surface area contributed by atoms with Crippen molar-refractivity contribution in [1.29, 1.82) is 0 Å². The summed E-state index contributed by atoms with van der Waals surface area (Å²) >= 11 is 0. The lowest BCUT2D eigenvalue weighted by atomic mass is 9.93. The summed E-state index contributed by atoms with van der Waals surface area (Å²) in [4.78, 5) is 6.86. The molecule has 1 aliphatic rings. The summed E-state index contributed by atoms with van der Waals surface area (Å²) in [5.74, 6) is 1.79. The van der Waals surface area contributed by atoms with Crippen LogP contribution in [0, 0.1) is 5.92 Å². The Labute approximate surface area is 164 Å². The monoisotopic (exact) mass is 444 g/mol. The lowest BCUT2D eigenvalue weighted by Crippen LogP contribution is -2.40.